The van der Waals surface area contributed by atoms with Gasteiger partial charge >= 0.3 is 5.97 Å². The fourth-order valence-electron chi connectivity index (χ4n) is 4.37. The molecule has 0 saturated heterocycles. The first-order chi connectivity index (χ1) is 13.2. The minimum absolute atomic E-state index is 0.0581. The molecule has 1 aliphatic carbocycles. The van der Waals surface area contributed by atoms with Crippen LogP contribution in [0.25, 0.3) is 0 Å². The summed E-state index contributed by atoms with van der Waals surface area (Å²) >= 11 is 0. The largest absolute Gasteiger partial charge is 0.497 e. The van der Waals surface area contributed by atoms with Crippen LogP contribution >= 0.6 is 0 Å². The average Bonchev–Trinajstić information content (AvgIpc) is 3.04. The van der Waals surface area contributed by atoms with Gasteiger partial charge < -0.3 is 9.84 Å². The van der Waals surface area contributed by atoms with Crippen LogP contribution in [-0.2, 0) is 11.2 Å². The molecule has 3 unspecified atom stereocenters. The van der Waals surface area contributed by atoms with E-state index in [1.807, 2.05) is 66.7 Å². The number of carboxylic acid groups (broad SMARTS) is 1. The van der Waals surface area contributed by atoms with Gasteiger partial charge in [0.1, 0.15) is 5.75 Å². The predicted molar refractivity (Wildman–Crippen MR) is 105 cm³/mol. The molecule has 0 spiro atoms. The average molecular weight is 358 g/mol. The monoisotopic (exact) mass is 358 g/mol. The first-order valence-corrected chi connectivity index (χ1v) is 9.18. The van der Waals surface area contributed by atoms with Crippen molar-refractivity contribution >= 4 is 5.97 Å². The van der Waals surface area contributed by atoms with Crippen LogP contribution in [0.3, 0.4) is 0 Å². The quantitative estimate of drug-likeness (QED) is 0.708. The molecule has 3 aromatic carbocycles. The molecule has 27 heavy (non-hydrogen) atoms. The van der Waals surface area contributed by atoms with Crippen molar-refractivity contribution < 1.29 is 14.6 Å². The Labute approximate surface area is 159 Å². The summed E-state index contributed by atoms with van der Waals surface area (Å²) in [5, 5.41) is 10.1. The summed E-state index contributed by atoms with van der Waals surface area (Å²) in [6, 6.07) is 26.1. The Morgan fingerprint density at radius 3 is 2.15 bits per heavy atom. The molecule has 0 amide bonds. The second-order valence-electron chi connectivity index (χ2n) is 7.04. The Balaban J connectivity index is 1.76. The van der Waals surface area contributed by atoms with Gasteiger partial charge in [0.25, 0.3) is 0 Å². The molecule has 0 fully saturated rings. The Morgan fingerprint density at radius 2 is 1.52 bits per heavy atom. The standard InChI is InChI=1S/C24H22O3/c1-27-18-13-11-16(12-14-18)15-21-19-9-5-6-10-20(19)22(23(21)24(25)26)17-7-3-2-4-8-17/h2-14,21-23H,15H2,1H3,(H,25,26). The number of rotatable bonds is 5. The Bertz CT molecular complexity index is 931. The minimum Gasteiger partial charge on any atom is -0.497 e. The fraction of sp³-hybridized carbons (Fsp3) is 0.208. The maximum absolute atomic E-state index is 12.3. The van der Waals surface area contributed by atoms with E-state index < -0.39 is 11.9 Å². The minimum atomic E-state index is -0.737. The lowest BCUT2D eigenvalue weighted by Crippen LogP contribution is -2.24. The zero-order valence-electron chi connectivity index (χ0n) is 15.2. The molecule has 3 aromatic rings. The van der Waals surface area contributed by atoms with E-state index in [9.17, 15) is 9.90 Å². The third kappa shape index (κ3) is 3.21. The van der Waals surface area contributed by atoms with Crippen LogP contribution in [0, 0.1) is 5.92 Å². The van der Waals surface area contributed by atoms with Crippen molar-refractivity contribution in [2.45, 2.75) is 18.3 Å². The number of ether oxygens (including phenoxy) is 1. The van der Waals surface area contributed by atoms with Crippen LogP contribution in [0.4, 0.5) is 0 Å². The highest BCUT2D eigenvalue weighted by atomic mass is 16.5. The van der Waals surface area contributed by atoms with Crippen LogP contribution in [0.1, 0.15) is 34.1 Å². The Hall–Kier alpha value is -3.07. The number of aliphatic carboxylic acids is 1. The zero-order chi connectivity index (χ0) is 18.8. The van der Waals surface area contributed by atoms with Gasteiger partial charge in [-0.1, -0.05) is 66.7 Å². The van der Waals surface area contributed by atoms with Gasteiger partial charge in [-0.05, 0) is 40.8 Å². The van der Waals surface area contributed by atoms with Gasteiger partial charge in [-0.2, -0.15) is 0 Å². The SMILES string of the molecule is COc1ccc(CC2c3ccccc3C(c3ccccc3)C2C(=O)O)cc1. The van der Waals surface area contributed by atoms with Gasteiger partial charge in [-0.15, -0.1) is 0 Å². The number of hydrogen-bond donors (Lipinski definition) is 1. The Kier molecular flexibility index (Phi) is 4.68. The van der Waals surface area contributed by atoms with E-state index in [0.29, 0.717) is 6.42 Å². The molecule has 136 valence electrons. The van der Waals surface area contributed by atoms with Crippen LogP contribution in [0.5, 0.6) is 5.75 Å². The normalized spacial score (nSPS) is 20.9. The molecular formula is C24H22O3. The van der Waals surface area contributed by atoms with Gasteiger partial charge in [0.15, 0.2) is 0 Å². The number of benzene rings is 3. The number of carbonyl (C=O) groups is 1. The molecule has 4 rings (SSSR count). The Morgan fingerprint density at radius 1 is 0.889 bits per heavy atom. The van der Waals surface area contributed by atoms with Gasteiger partial charge in [0.2, 0.25) is 0 Å². The lowest BCUT2D eigenvalue weighted by molar-refractivity contribution is -0.142. The third-order valence-corrected chi connectivity index (χ3v) is 5.58. The number of fused-ring (bicyclic) bond motifs is 1. The van der Waals surface area contributed by atoms with Crippen LogP contribution in [-0.4, -0.2) is 18.2 Å². The molecular weight excluding hydrogens is 336 g/mol. The first kappa shape index (κ1) is 17.3. The maximum Gasteiger partial charge on any atom is 0.308 e. The van der Waals surface area contributed by atoms with E-state index in [2.05, 4.69) is 12.1 Å². The van der Waals surface area contributed by atoms with Gasteiger partial charge in [0.05, 0.1) is 13.0 Å². The number of carboxylic acids is 1. The second kappa shape index (κ2) is 7.28. The molecule has 0 bridgehead atoms. The van der Waals surface area contributed by atoms with Crippen molar-refractivity contribution in [1.29, 1.82) is 0 Å². The zero-order valence-corrected chi connectivity index (χ0v) is 15.2. The van der Waals surface area contributed by atoms with E-state index in [4.69, 9.17) is 4.74 Å². The van der Waals surface area contributed by atoms with Crippen LogP contribution in [0.2, 0.25) is 0 Å². The van der Waals surface area contributed by atoms with Crippen molar-refractivity contribution in [3.8, 4) is 5.75 Å². The molecule has 0 aliphatic heterocycles. The molecule has 3 heteroatoms. The predicted octanol–water partition coefficient (Wildman–Crippen LogP) is 4.87. The highest BCUT2D eigenvalue weighted by Crippen LogP contribution is 2.51. The van der Waals surface area contributed by atoms with E-state index in [1.165, 1.54) is 0 Å². The molecule has 3 atom stereocenters. The van der Waals surface area contributed by atoms with Crippen molar-refractivity contribution in [1.82, 2.24) is 0 Å². The summed E-state index contributed by atoms with van der Waals surface area (Å²) in [4.78, 5) is 12.3. The number of hydrogen-bond acceptors (Lipinski definition) is 2. The second-order valence-corrected chi connectivity index (χ2v) is 7.04. The maximum atomic E-state index is 12.3. The molecule has 3 nitrogen and oxygen atoms in total. The molecule has 0 heterocycles. The van der Waals surface area contributed by atoms with Gasteiger partial charge in [0, 0.05) is 11.8 Å². The summed E-state index contributed by atoms with van der Waals surface area (Å²) in [7, 11) is 1.65. The van der Waals surface area contributed by atoms with Crippen molar-refractivity contribution in [2.24, 2.45) is 5.92 Å². The van der Waals surface area contributed by atoms with Crippen molar-refractivity contribution in [3.63, 3.8) is 0 Å². The summed E-state index contributed by atoms with van der Waals surface area (Å²) in [6.07, 6.45) is 0.696. The van der Waals surface area contributed by atoms with Gasteiger partial charge in [-0.3, -0.25) is 4.79 Å². The van der Waals surface area contributed by atoms with E-state index in [1.54, 1.807) is 7.11 Å². The smallest absolute Gasteiger partial charge is 0.308 e. The summed E-state index contributed by atoms with van der Waals surface area (Å²) < 4.78 is 5.24. The molecule has 0 radical (unpaired) electrons. The third-order valence-electron chi connectivity index (χ3n) is 5.58. The van der Waals surface area contributed by atoms with Crippen molar-refractivity contribution in [3.05, 3.63) is 101 Å². The molecule has 0 saturated carbocycles. The highest BCUT2D eigenvalue weighted by molar-refractivity contribution is 5.76. The molecule has 1 aliphatic rings. The fourth-order valence-corrected chi connectivity index (χ4v) is 4.37. The lowest BCUT2D eigenvalue weighted by Gasteiger charge is -2.22. The van der Waals surface area contributed by atoms with E-state index in [0.717, 1.165) is 28.0 Å². The molecule has 1 N–H and O–H groups in total. The number of methoxy groups -OCH3 is 1. The first-order valence-electron chi connectivity index (χ1n) is 9.18. The topological polar surface area (TPSA) is 46.5 Å². The lowest BCUT2D eigenvalue weighted by atomic mass is 9.80. The van der Waals surface area contributed by atoms with Gasteiger partial charge in [-0.25, -0.2) is 0 Å². The van der Waals surface area contributed by atoms with Crippen LogP contribution in [0.15, 0.2) is 78.9 Å². The summed E-state index contributed by atoms with van der Waals surface area (Å²) in [6.45, 7) is 0. The van der Waals surface area contributed by atoms with E-state index >= 15 is 0 Å². The highest BCUT2D eigenvalue weighted by Gasteiger charge is 2.45. The van der Waals surface area contributed by atoms with Crippen molar-refractivity contribution in [2.75, 3.05) is 7.11 Å². The van der Waals surface area contributed by atoms with Crippen LogP contribution < -0.4 is 4.74 Å². The van der Waals surface area contributed by atoms with E-state index in [-0.39, 0.29) is 11.8 Å². The summed E-state index contributed by atoms with van der Waals surface area (Å²) in [5.41, 5.74) is 4.47. The molecule has 0 aromatic heterocycles. The summed E-state index contributed by atoms with van der Waals surface area (Å²) in [5.74, 6) is -0.589.